The molecule has 1 fully saturated rings. The summed E-state index contributed by atoms with van der Waals surface area (Å²) < 4.78 is 24.1. The maximum absolute atomic E-state index is 12.9. The average Bonchev–Trinajstić information content (AvgIpc) is 3.11. The lowest BCUT2D eigenvalue weighted by Crippen LogP contribution is -2.90. The molecule has 0 aliphatic carbocycles. The van der Waals surface area contributed by atoms with Crippen LogP contribution in [0, 0.1) is 5.82 Å². The van der Waals surface area contributed by atoms with Crippen LogP contribution in [0.2, 0.25) is 0 Å². The van der Waals surface area contributed by atoms with Crippen LogP contribution in [0.5, 0.6) is 11.5 Å². The van der Waals surface area contributed by atoms with Crippen LogP contribution >= 0.6 is 11.8 Å². The Morgan fingerprint density at radius 1 is 1.28 bits per heavy atom. The van der Waals surface area contributed by atoms with Crippen molar-refractivity contribution in [1.29, 1.82) is 0 Å². The highest BCUT2D eigenvalue weighted by Crippen LogP contribution is 2.34. The summed E-state index contributed by atoms with van der Waals surface area (Å²) in [6.45, 7) is 0.299. The number of carbonyl (C=O) groups is 1. The van der Waals surface area contributed by atoms with Crippen LogP contribution in [0.25, 0.3) is 0 Å². The minimum Gasteiger partial charge on any atom is -0.544 e. The number of carboxylic acids is 1. The zero-order valence-electron chi connectivity index (χ0n) is 13.6. The van der Waals surface area contributed by atoms with Crippen molar-refractivity contribution < 1.29 is 29.1 Å². The lowest BCUT2D eigenvalue weighted by atomic mass is 10.2. The molecule has 1 aliphatic rings. The molecule has 7 heteroatoms. The van der Waals surface area contributed by atoms with E-state index in [9.17, 15) is 14.3 Å². The van der Waals surface area contributed by atoms with Gasteiger partial charge in [0, 0.05) is 5.56 Å². The minimum atomic E-state index is -1.04. The van der Waals surface area contributed by atoms with Gasteiger partial charge in [0.1, 0.15) is 24.4 Å². The summed E-state index contributed by atoms with van der Waals surface area (Å²) >= 11 is 1.56. The van der Waals surface area contributed by atoms with Crippen molar-refractivity contribution >= 4 is 17.7 Å². The third-order valence-electron chi connectivity index (χ3n) is 3.99. The molecule has 0 unspecified atom stereocenters. The van der Waals surface area contributed by atoms with Gasteiger partial charge in [0.2, 0.25) is 0 Å². The Kier molecular flexibility index (Phi) is 5.45. The second-order valence-electron chi connectivity index (χ2n) is 5.70. The van der Waals surface area contributed by atoms with Crippen molar-refractivity contribution in [2.24, 2.45) is 0 Å². The summed E-state index contributed by atoms with van der Waals surface area (Å²) in [5.41, 5.74) is 1.81. The maximum atomic E-state index is 12.9. The number of ether oxygens (including phenoxy) is 2. The van der Waals surface area contributed by atoms with Gasteiger partial charge in [0.25, 0.3) is 0 Å². The largest absolute Gasteiger partial charge is 0.544 e. The van der Waals surface area contributed by atoms with Crippen LogP contribution in [-0.4, -0.2) is 24.9 Å². The van der Waals surface area contributed by atoms with Crippen molar-refractivity contribution in [3.05, 3.63) is 59.4 Å². The molecule has 0 bridgehead atoms. The van der Waals surface area contributed by atoms with Crippen molar-refractivity contribution in [2.45, 2.75) is 18.0 Å². The fraction of sp³-hybridized carbons (Fsp3) is 0.278. The minimum absolute atomic E-state index is 0.0112. The van der Waals surface area contributed by atoms with Gasteiger partial charge in [-0.05, 0) is 35.9 Å². The summed E-state index contributed by atoms with van der Waals surface area (Å²) in [5.74, 6) is 0.339. The number of halogens is 1. The van der Waals surface area contributed by atoms with E-state index in [0.29, 0.717) is 23.9 Å². The molecule has 0 aromatic heterocycles. The second-order valence-corrected chi connectivity index (χ2v) is 6.87. The smallest absolute Gasteiger partial charge is 0.161 e. The van der Waals surface area contributed by atoms with Gasteiger partial charge in [-0.2, -0.15) is 0 Å². The Labute approximate surface area is 149 Å². The molecule has 1 heterocycles. The highest BCUT2D eigenvalue weighted by molar-refractivity contribution is 7.99. The third-order valence-corrected chi connectivity index (χ3v) is 5.33. The summed E-state index contributed by atoms with van der Waals surface area (Å²) in [7, 11) is 1.55. The molecule has 5 nitrogen and oxygen atoms in total. The van der Waals surface area contributed by atoms with Crippen LogP contribution in [-0.2, 0) is 11.4 Å². The number of nitrogens with two attached hydrogens (primary N) is 1. The SMILES string of the molecule is COc1cc([C@H]2[NH2+][C@@H](C(=O)[O-])CS2)ccc1OCc1ccc(F)cc1. The van der Waals surface area contributed by atoms with Crippen molar-refractivity contribution in [3.8, 4) is 11.5 Å². The van der Waals surface area contributed by atoms with Crippen molar-refractivity contribution in [2.75, 3.05) is 12.9 Å². The molecule has 1 aliphatic heterocycles. The Bertz CT molecular complexity index is 753. The predicted octanol–water partition coefficient (Wildman–Crippen LogP) is 0.841. The number of methoxy groups -OCH3 is 1. The molecule has 2 N–H and O–H groups in total. The quantitative estimate of drug-likeness (QED) is 0.823. The van der Waals surface area contributed by atoms with E-state index in [4.69, 9.17) is 9.47 Å². The topological polar surface area (TPSA) is 75.2 Å². The summed E-state index contributed by atoms with van der Waals surface area (Å²) in [4.78, 5) is 11.0. The highest BCUT2D eigenvalue weighted by atomic mass is 32.2. The maximum Gasteiger partial charge on any atom is 0.161 e. The van der Waals surface area contributed by atoms with Crippen LogP contribution in [0.3, 0.4) is 0 Å². The van der Waals surface area contributed by atoms with Gasteiger partial charge in [-0.1, -0.05) is 23.9 Å². The molecule has 3 rings (SSSR count). The normalized spacial score (nSPS) is 19.6. The lowest BCUT2D eigenvalue weighted by molar-refractivity contribution is -0.690. The van der Waals surface area contributed by atoms with Crippen molar-refractivity contribution in [1.82, 2.24) is 0 Å². The molecule has 2 aromatic rings. The zero-order valence-corrected chi connectivity index (χ0v) is 14.4. The van der Waals surface area contributed by atoms with Gasteiger partial charge in [-0.25, -0.2) is 4.39 Å². The lowest BCUT2D eigenvalue weighted by Gasteiger charge is -2.15. The molecule has 0 saturated carbocycles. The number of aliphatic carboxylic acids is 1. The fourth-order valence-electron chi connectivity index (χ4n) is 2.61. The summed E-state index contributed by atoms with van der Waals surface area (Å²) in [5, 5.41) is 12.7. The molecule has 2 aromatic carbocycles. The number of quaternary nitrogens is 1. The van der Waals surface area contributed by atoms with E-state index >= 15 is 0 Å². The summed E-state index contributed by atoms with van der Waals surface area (Å²) in [6, 6.07) is 11.1. The Hall–Kier alpha value is -2.25. The first-order chi connectivity index (χ1) is 12.1. The Morgan fingerprint density at radius 2 is 2.04 bits per heavy atom. The number of thioether (sulfide) groups is 1. The molecule has 2 atom stereocenters. The van der Waals surface area contributed by atoms with Gasteiger partial charge in [-0.3, -0.25) is 0 Å². The van der Waals surface area contributed by atoms with E-state index in [2.05, 4.69) is 0 Å². The second kappa shape index (κ2) is 7.76. The number of carboxylic acid groups (broad SMARTS) is 1. The van der Waals surface area contributed by atoms with Gasteiger partial charge >= 0.3 is 0 Å². The Morgan fingerprint density at radius 3 is 2.68 bits per heavy atom. The molecule has 1 saturated heterocycles. The molecular weight excluding hydrogens is 345 g/mol. The number of hydrogen-bond donors (Lipinski definition) is 1. The van der Waals surface area contributed by atoms with Gasteiger partial charge in [0.15, 0.2) is 16.9 Å². The first-order valence-corrected chi connectivity index (χ1v) is 8.84. The predicted molar refractivity (Wildman–Crippen MR) is 89.6 cm³/mol. The van der Waals surface area contributed by atoms with E-state index in [0.717, 1.165) is 11.1 Å². The van der Waals surface area contributed by atoms with E-state index < -0.39 is 12.0 Å². The van der Waals surface area contributed by atoms with Gasteiger partial charge in [-0.15, -0.1) is 0 Å². The number of hydrogen-bond acceptors (Lipinski definition) is 5. The first-order valence-electron chi connectivity index (χ1n) is 7.79. The standard InChI is InChI=1S/C18H18FNO4S/c1-23-16-8-12(17-20-14(10-25-17)18(21)22)4-7-15(16)24-9-11-2-5-13(19)6-3-11/h2-8,14,17,20H,9-10H2,1H3,(H,21,22)/t14-,17+/m1/s1. The van der Waals surface area contributed by atoms with E-state index in [1.54, 1.807) is 42.4 Å². The van der Waals surface area contributed by atoms with Crippen LogP contribution < -0.4 is 19.9 Å². The fourth-order valence-corrected chi connectivity index (χ4v) is 3.91. The van der Waals surface area contributed by atoms with E-state index in [1.165, 1.54) is 12.1 Å². The van der Waals surface area contributed by atoms with E-state index in [-0.39, 0.29) is 11.2 Å². The molecule has 0 spiro atoms. The van der Waals surface area contributed by atoms with Crippen LogP contribution in [0.4, 0.5) is 4.39 Å². The third kappa shape index (κ3) is 4.24. The molecule has 0 amide bonds. The van der Waals surface area contributed by atoms with E-state index in [1.807, 2.05) is 12.1 Å². The number of rotatable bonds is 6. The summed E-state index contributed by atoms with van der Waals surface area (Å²) in [6.07, 6.45) is 0. The number of carbonyl (C=O) groups excluding carboxylic acids is 1. The van der Waals surface area contributed by atoms with Crippen molar-refractivity contribution in [3.63, 3.8) is 0 Å². The monoisotopic (exact) mass is 363 g/mol. The molecule has 132 valence electrons. The van der Waals surface area contributed by atoms with Gasteiger partial charge < -0.3 is 24.7 Å². The Balaban J connectivity index is 1.69. The van der Waals surface area contributed by atoms with Gasteiger partial charge in [0.05, 0.1) is 12.9 Å². The van der Waals surface area contributed by atoms with Crippen LogP contribution in [0.15, 0.2) is 42.5 Å². The molecular formula is C18H18FNO4S. The first kappa shape index (κ1) is 17.6. The average molecular weight is 363 g/mol. The molecule has 25 heavy (non-hydrogen) atoms. The molecule has 0 radical (unpaired) electrons. The zero-order chi connectivity index (χ0) is 17.8. The number of benzene rings is 2. The van der Waals surface area contributed by atoms with Crippen LogP contribution in [0.1, 0.15) is 16.5 Å². The highest BCUT2D eigenvalue weighted by Gasteiger charge is 2.31.